The highest BCUT2D eigenvalue weighted by Gasteiger charge is 2.23. The first-order valence-electron chi connectivity index (χ1n) is 9.88. The Morgan fingerprint density at radius 1 is 1.10 bits per heavy atom. The van der Waals surface area contributed by atoms with E-state index in [2.05, 4.69) is 4.90 Å². The summed E-state index contributed by atoms with van der Waals surface area (Å²) in [6, 6.07) is 13.0. The van der Waals surface area contributed by atoms with Crippen LogP contribution in [0.25, 0.3) is 10.2 Å². The van der Waals surface area contributed by atoms with E-state index in [1.54, 1.807) is 43.4 Å². The number of carbonyl (C=O) groups excluding carboxylic acids is 1. The molecule has 1 aliphatic rings. The van der Waals surface area contributed by atoms with Gasteiger partial charge in [-0.05, 0) is 36.4 Å². The summed E-state index contributed by atoms with van der Waals surface area (Å²) in [7, 11) is 3.25. The molecule has 1 amide bonds. The summed E-state index contributed by atoms with van der Waals surface area (Å²) >= 11 is 1.51. The van der Waals surface area contributed by atoms with E-state index in [0.717, 1.165) is 54.6 Å². The molecule has 30 heavy (non-hydrogen) atoms. The van der Waals surface area contributed by atoms with Crippen LogP contribution in [0.2, 0.25) is 0 Å². The Balaban J connectivity index is 1.62. The van der Waals surface area contributed by atoms with Gasteiger partial charge in [0.25, 0.3) is 5.91 Å². The molecule has 8 heteroatoms. The van der Waals surface area contributed by atoms with Crippen LogP contribution in [-0.4, -0.2) is 69.4 Å². The standard InChI is InChI=1S/C22H25N3O4S/c1-27-17-5-3-16(4-6-17)21(26)25(10-9-24-11-13-29-14-12-24)22-23-19-15-18(28-2)7-8-20(19)30-22/h3-8,15H,9-14H2,1-2H3. The molecule has 0 saturated carbocycles. The monoisotopic (exact) mass is 427 g/mol. The largest absolute Gasteiger partial charge is 0.497 e. The van der Waals surface area contributed by atoms with Gasteiger partial charge in [-0.1, -0.05) is 11.3 Å². The fourth-order valence-electron chi connectivity index (χ4n) is 3.38. The molecule has 0 spiro atoms. The Kier molecular flexibility index (Phi) is 6.47. The number of hydrogen-bond acceptors (Lipinski definition) is 7. The number of rotatable bonds is 7. The summed E-state index contributed by atoms with van der Waals surface area (Å²) in [5.41, 5.74) is 1.43. The number of nitrogens with zero attached hydrogens (tertiary/aromatic N) is 3. The van der Waals surface area contributed by atoms with Crippen molar-refractivity contribution in [1.29, 1.82) is 0 Å². The van der Waals surface area contributed by atoms with E-state index < -0.39 is 0 Å². The Hall–Kier alpha value is -2.68. The van der Waals surface area contributed by atoms with Gasteiger partial charge in [0.15, 0.2) is 5.13 Å². The maximum Gasteiger partial charge on any atom is 0.260 e. The van der Waals surface area contributed by atoms with E-state index in [0.29, 0.717) is 17.2 Å². The van der Waals surface area contributed by atoms with Crippen LogP contribution in [0.1, 0.15) is 10.4 Å². The molecule has 1 saturated heterocycles. The van der Waals surface area contributed by atoms with E-state index in [1.807, 2.05) is 18.2 Å². The molecule has 0 unspecified atom stereocenters. The number of morpholine rings is 1. The van der Waals surface area contributed by atoms with Crippen molar-refractivity contribution in [3.05, 3.63) is 48.0 Å². The van der Waals surface area contributed by atoms with Gasteiger partial charge in [0.1, 0.15) is 11.5 Å². The van der Waals surface area contributed by atoms with Crippen molar-refractivity contribution in [1.82, 2.24) is 9.88 Å². The van der Waals surface area contributed by atoms with Gasteiger partial charge in [-0.25, -0.2) is 4.98 Å². The number of methoxy groups -OCH3 is 2. The van der Waals surface area contributed by atoms with Crippen molar-refractivity contribution < 1.29 is 19.0 Å². The quantitative estimate of drug-likeness (QED) is 0.577. The molecular formula is C22H25N3O4S. The summed E-state index contributed by atoms with van der Waals surface area (Å²) in [5, 5.41) is 0.687. The fourth-order valence-corrected chi connectivity index (χ4v) is 4.35. The predicted molar refractivity (Wildman–Crippen MR) is 118 cm³/mol. The van der Waals surface area contributed by atoms with Crippen molar-refractivity contribution in [2.24, 2.45) is 0 Å². The molecule has 2 aromatic carbocycles. The maximum atomic E-state index is 13.4. The van der Waals surface area contributed by atoms with Crippen molar-refractivity contribution >= 4 is 32.6 Å². The van der Waals surface area contributed by atoms with Crippen molar-refractivity contribution in [3.8, 4) is 11.5 Å². The van der Waals surface area contributed by atoms with Gasteiger partial charge in [0.05, 0.1) is 37.6 Å². The van der Waals surface area contributed by atoms with Crippen LogP contribution in [-0.2, 0) is 4.74 Å². The van der Waals surface area contributed by atoms with Crippen molar-refractivity contribution in [2.45, 2.75) is 0 Å². The van der Waals surface area contributed by atoms with E-state index in [9.17, 15) is 4.79 Å². The van der Waals surface area contributed by atoms with Crippen LogP contribution in [0.5, 0.6) is 11.5 Å². The van der Waals surface area contributed by atoms with Crippen molar-refractivity contribution in [2.75, 3.05) is 58.5 Å². The third kappa shape index (κ3) is 4.56. The van der Waals surface area contributed by atoms with Gasteiger partial charge in [0.2, 0.25) is 0 Å². The van der Waals surface area contributed by atoms with Crippen LogP contribution in [0.15, 0.2) is 42.5 Å². The first kappa shape index (κ1) is 20.6. The number of ether oxygens (including phenoxy) is 3. The lowest BCUT2D eigenvalue weighted by molar-refractivity contribution is 0.0391. The van der Waals surface area contributed by atoms with Crippen LogP contribution in [0.4, 0.5) is 5.13 Å². The second-order valence-electron chi connectivity index (χ2n) is 6.97. The Bertz CT molecular complexity index is 999. The average Bonchev–Trinajstić information content (AvgIpc) is 3.22. The van der Waals surface area contributed by atoms with Crippen LogP contribution in [0, 0.1) is 0 Å². The predicted octanol–water partition coefficient (Wildman–Crippen LogP) is 3.29. The lowest BCUT2D eigenvalue weighted by atomic mass is 10.2. The highest BCUT2D eigenvalue weighted by molar-refractivity contribution is 7.22. The molecule has 2 heterocycles. The Morgan fingerprint density at radius 2 is 1.80 bits per heavy atom. The number of thiazole rings is 1. The zero-order chi connectivity index (χ0) is 20.9. The number of benzene rings is 2. The minimum absolute atomic E-state index is 0.0723. The highest BCUT2D eigenvalue weighted by Crippen LogP contribution is 2.32. The highest BCUT2D eigenvalue weighted by atomic mass is 32.1. The first-order valence-corrected chi connectivity index (χ1v) is 10.7. The van der Waals surface area contributed by atoms with Gasteiger partial charge < -0.3 is 14.2 Å². The molecule has 0 bridgehead atoms. The minimum Gasteiger partial charge on any atom is -0.497 e. The molecule has 158 valence electrons. The first-order chi connectivity index (χ1) is 14.7. The number of amides is 1. The van der Waals surface area contributed by atoms with E-state index in [-0.39, 0.29) is 5.91 Å². The number of aromatic nitrogens is 1. The molecule has 1 aromatic heterocycles. The summed E-state index contributed by atoms with van der Waals surface area (Å²) in [4.78, 5) is 22.2. The average molecular weight is 428 g/mol. The van der Waals surface area contributed by atoms with E-state index >= 15 is 0 Å². The minimum atomic E-state index is -0.0723. The van der Waals surface area contributed by atoms with Crippen molar-refractivity contribution in [3.63, 3.8) is 0 Å². The molecule has 0 N–H and O–H groups in total. The molecule has 3 aromatic rings. The van der Waals surface area contributed by atoms with Crippen LogP contribution >= 0.6 is 11.3 Å². The zero-order valence-corrected chi connectivity index (χ0v) is 18.0. The molecule has 7 nitrogen and oxygen atoms in total. The normalized spacial score (nSPS) is 14.6. The number of carbonyl (C=O) groups is 1. The van der Waals surface area contributed by atoms with Crippen LogP contribution < -0.4 is 14.4 Å². The number of fused-ring (bicyclic) bond motifs is 1. The van der Waals surface area contributed by atoms with Gasteiger partial charge in [0, 0.05) is 37.8 Å². The molecule has 1 aliphatic heterocycles. The maximum absolute atomic E-state index is 13.4. The SMILES string of the molecule is COc1ccc(C(=O)N(CCN2CCOCC2)c2nc3cc(OC)ccc3s2)cc1. The summed E-state index contributed by atoms with van der Waals surface area (Å²) < 4.78 is 17.0. The van der Waals surface area contributed by atoms with Gasteiger partial charge in [-0.15, -0.1) is 0 Å². The van der Waals surface area contributed by atoms with Gasteiger partial charge in [-0.3, -0.25) is 14.6 Å². The van der Waals surface area contributed by atoms with E-state index in [4.69, 9.17) is 19.2 Å². The second kappa shape index (κ2) is 9.42. The summed E-state index contributed by atoms with van der Waals surface area (Å²) in [6.07, 6.45) is 0. The van der Waals surface area contributed by atoms with Gasteiger partial charge >= 0.3 is 0 Å². The summed E-state index contributed by atoms with van der Waals surface area (Å²) in [5.74, 6) is 1.40. The third-order valence-corrected chi connectivity index (χ3v) is 6.20. The summed E-state index contributed by atoms with van der Waals surface area (Å²) in [6.45, 7) is 4.54. The molecule has 0 atom stereocenters. The third-order valence-electron chi connectivity index (χ3n) is 5.14. The van der Waals surface area contributed by atoms with Crippen LogP contribution in [0.3, 0.4) is 0 Å². The Morgan fingerprint density at radius 3 is 2.50 bits per heavy atom. The molecule has 0 aliphatic carbocycles. The molecule has 0 radical (unpaired) electrons. The number of hydrogen-bond donors (Lipinski definition) is 0. The van der Waals surface area contributed by atoms with E-state index in [1.165, 1.54) is 11.3 Å². The lowest BCUT2D eigenvalue weighted by Crippen LogP contribution is -2.43. The molecular weight excluding hydrogens is 402 g/mol. The van der Waals surface area contributed by atoms with Gasteiger partial charge in [-0.2, -0.15) is 0 Å². The lowest BCUT2D eigenvalue weighted by Gasteiger charge is -2.29. The molecule has 1 fully saturated rings. The smallest absolute Gasteiger partial charge is 0.260 e. The molecule has 4 rings (SSSR count). The number of anilines is 1. The Labute approximate surface area is 179 Å². The zero-order valence-electron chi connectivity index (χ0n) is 17.2. The second-order valence-corrected chi connectivity index (χ2v) is 7.98. The fraction of sp³-hybridized carbons (Fsp3) is 0.364. The topological polar surface area (TPSA) is 64.1 Å².